The summed E-state index contributed by atoms with van der Waals surface area (Å²) in [5.74, 6) is -0.931. The minimum absolute atomic E-state index is 0.00787. The van der Waals surface area contributed by atoms with Crippen LogP contribution in [0.1, 0.15) is 31.9 Å². The quantitative estimate of drug-likeness (QED) is 0.821. The van der Waals surface area contributed by atoms with E-state index in [1.165, 1.54) is 6.07 Å². The first-order chi connectivity index (χ1) is 12.5. The normalized spacial score (nSPS) is 11.9. The Morgan fingerprint density at radius 1 is 1.07 bits per heavy atom. The molecule has 5 nitrogen and oxygen atoms in total. The monoisotopic (exact) mass is 392 g/mol. The summed E-state index contributed by atoms with van der Waals surface area (Å²) >= 11 is 0. The second-order valence-electron chi connectivity index (χ2n) is 7.43. The first-order valence-corrected chi connectivity index (χ1v) is 10.4. The van der Waals surface area contributed by atoms with Gasteiger partial charge in [0.25, 0.3) is 0 Å². The van der Waals surface area contributed by atoms with Gasteiger partial charge in [-0.2, -0.15) is 0 Å². The molecule has 0 spiro atoms. The van der Waals surface area contributed by atoms with E-state index in [1.807, 2.05) is 12.1 Å². The molecule has 0 aliphatic heterocycles. The van der Waals surface area contributed by atoms with Crippen LogP contribution in [0.2, 0.25) is 0 Å². The molecule has 2 aromatic carbocycles. The van der Waals surface area contributed by atoms with Gasteiger partial charge in [-0.1, -0.05) is 51.1 Å². The van der Waals surface area contributed by atoms with E-state index in [4.69, 9.17) is 0 Å². The molecular weight excluding hydrogens is 367 g/mol. The minimum Gasteiger partial charge on any atom is -0.350 e. The predicted molar refractivity (Wildman–Crippen MR) is 106 cm³/mol. The second kappa shape index (κ2) is 8.08. The summed E-state index contributed by atoms with van der Waals surface area (Å²) in [5.41, 5.74) is 1.74. The van der Waals surface area contributed by atoms with Crippen LogP contribution in [0, 0.1) is 5.82 Å². The van der Waals surface area contributed by atoms with Crippen molar-refractivity contribution in [2.45, 2.75) is 32.7 Å². The zero-order valence-corrected chi connectivity index (χ0v) is 16.8. The second-order valence-corrected chi connectivity index (χ2v) is 9.34. The highest BCUT2D eigenvalue weighted by Gasteiger charge is 2.22. The molecule has 0 aliphatic carbocycles. The van der Waals surface area contributed by atoms with Gasteiger partial charge < -0.3 is 5.32 Å². The molecule has 1 amide bonds. The Balaban J connectivity index is 2.13. The van der Waals surface area contributed by atoms with Gasteiger partial charge in [0, 0.05) is 12.1 Å². The molecule has 0 atom stereocenters. The van der Waals surface area contributed by atoms with Gasteiger partial charge >= 0.3 is 0 Å². The van der Waals surface area contributed by atoms with E-state index in [0.29, 0.717) is 11.3 Å². The predicted octanol–water partition coefficient (Wildman–Crippen LogP) is 3.21. The lowest BCUT2D eigenvalue weighted by atomic mass is 9.87. The Labute approximate surface area is 160 Å². The number of nitrogens with one attached hydrogen (secondary N) is 1. The Hall–Kier alpha value is -2.41. The van der Waals surface area contributed by atoms with Crippen LogP contribution in [0.5, 0.6) is 0 Å². The number of benzene rings is 2. The van der Waals surface area contributed by atoms with Crippen molar-refractivity contribution in [2.75, 3.05) is 17.1 Å². The van der Waals surface area contributed by atoms with Crippen LogP contribution in [0.15, 0.2) is 48.5 Å². The molecule has 2 rings (SSSR count). The summed E-state index contributed by atoms with van der Waals surface area (Å²) in [6.45, 7) is 5.81. The molecule has 0 aliphatic rings. The molecule has 2 aromatic rings. The van der Waals surface area contributed by atoms with Crippen LogP contribution in [-0.4, -0.2) is 27.1 Å². The Morgan fingerprint density at radius 3 is 2.19 bits per heavy atom. The maximum Gasteiger partial charge on any atom is 0.241 e. The number of amides is 1. The van der Waals surface area contributed by atoms with Crippen LogP contribution in [0.4, 0.5) is 10.1 Å². The lowest BCUT2D eigenvalue weighted by Gasteiger charge is -2.24. The Bertz CT molecular complexity index is 904. The number of carbonyl (C=O) groups is 1. The number of anilines is 1. The number of rotatable bonds is 6. The van der Waals surface area contributed by atoms with Gasteiger partial charge in [-0.25, -0.2) is 12.8 Å². The van der Waals surface area contributed by atoms with E-state index >= 15 is 0 Å². The van der Waals surface area contributed by atoms with Gasteiger partial charge in [-0.3, -0.25) is 9.10 Å². The van der Waals surface area contributed by atoms with E-state index in [1.54, 1.807) is 30.3 Å². The highest BCUT2D eigenvalue weighted by Crippen LogP contribution is 2.25. The fraction of sp³-hybridized carbons (Fsp3) is 0.350. The number of carbonyl (C=O) groups excluding carboxylic acids is 1. The maximum absolute atomic E-state index is 13.6. The summed E-state index contributed by atoms with van der Waals surface area (Å²) in [6, 6.07) is 13.2. The summed E-state index contributed by atoms with van der Waals surface area (Å²) in [5, 5.41) is 2.56. The van der Waals surface area contributed by atoms with Crippen LogP contribution >= 0.6 is 0 Å². The Kier molecular flexibility index (Phi) is 6.26. The van der Waals surface area contributed by atoms with Crippen molar-refractivity contribution >= 4 is 21.6 Å². The zero-order valence-electron chi connectivity index (χ0n) is 16.0. The first kappa shape index (κ1) is 20.9. The van der Waals surface area contributed by atoms with Gasteiger partial charge in [-0.05, 0) is 29.2 Å². The summed E-state index contributed by atoms with van der Waals surface area (Å²) < 4.78 is 39.0. The van der Waals surface area contributed by atoms with Gasteiger partial charge in [0.15, 0.2) is 0 Å². The fourth-order valence-electron chi connectivity index (χ4n) is 2.55. The molecule has 27 heavy (non-hydrogen) atoms. The van der Waals surface area contributed by atoms with Gasteiger partial charge in [0.05, 0.1) is 11.9 Å². The summed E-state index contributed by atoms with van der Waals surface area (Å²) in [7, 11) is -3.65. The van der Waals surface area contributed by atoms with Crippen molar-refractivity contribution in [1.82, 2.24) is 5.32 Å². The van der Waals surface area contributed by atoms with Crippen LogP contribution in [0.25, 0.3) is 0 Å². The van der Waals surface area contributed by atoms with Crippen LogP contribution in [0.3, 0.4) is 0 Å². The molecule has 0 saturated carbocycles. The molecule has 0 bridgehead atoms. The van der Waals surface area contributed by atoms with Crippen molar-refractivity contribution in [3.8, 4) is 0 Å². The number of halogens is 1. The zero-order chi connectivity index (χ0) is 20.2. The van der Waals surface area contributed by atoms with Crippen molar-refractivity contribution < 1.29 is 17.6 Å². The molecule has 0 fully saturated rings. The van der Waals surface area contributed by atoms with E-state index in [2.05, 4.69) is 26.1 Å². The van der Waals surface area contributed by atoms with Crippen molar-refractivity contribution in [2.24, 2.45) is 0 Å². The highest BCUT2D eigenvalue weighted by molar-refractivity contribution is 7.92. The topological polar surface area (TPSA) is 66.5 Å². The Morgan fingerprint density at radius 2 is 1.67 bits per heavy atom. The number of hydrogen-bond acceptors (Lipinski definition) is 3. The molecule has 0 radical (unpaired) electrons. The number of sulfonamides is 1. The lowest BCUT2D eigenvalue weighted by Crippen LogP contribution is -2.40. The molecule has 0 heterocycles. The molecule has 7 heteroatoms. The average Bonchev–Trinajstić information content (AvgIpc) is 2.57. The lowest BCUT2D eigenvalue weighted by molar-refractivity contribution is -0.119. The molecule has 146 valence electrons. The van der Waals surface area contributed by atoms with Crippen molar-refractivity contribution in [3.63, 3.8) is 0 Å². The van der Waals surface area contributed by atoms with Crippen LogP contribution < -0.4 is 9.62 Å². The third-order valence-electron chi connectivity index (χ3n) is 4.14. The van der Waals surface area contributed by atoms with E-state index in [9.17, 15) is 17.6 Å². The van der Waals surface area contributed by atoms with Crippen molar-refractivity contribution in [3.05, 3.63) is 65.5 Å². The van der Waals surface area contributed by atoms with Gasteiger partial charge in [0.1, 0.15) is 12.4 Å². The van der Waals surface area contributed by atoms with Gasteiger partial charge in [-0.15, -0.1) is 0 Å². The largest absolute Gasteiger partial charge is 0.350 e. The average molecular weight is 392 g/mol. The number of hydrogen-bond donors (Lipinski definition) is 1. The molecule has 0 saturated heterocycles. The van der Waals surface area contributed by atoms with Gasteiger partial charge in [0.2, 0.25) is 15.9 Å². The summed E-state index contributed by atoms with van der Waals surface area (Å²) in [4.78, 5) is 12.2. The molecule has 0 unspecified atom stereocenters. The third kappa shape index (κ3) is 5.79. The smallest absolute Gasteiger partial charge is 0.241 e. The fourth-order valence-corrected chi connectivity index (χ4v) is 3.41. The standard InChI is InChI=1S/C20H25FN2O3S/c1-20(2,3)16-9-11-17(12-10-16)23(27(4,25)26)14-19(24)22-13-15-7-5-6-8-18(15)21/h5-12H,13-14H2,1-4H3,(H,22,24). The van der Waals surface area contributed by atoms with Crippen LogP contribution in [-0.2, 0) is 26.8 Å². The van der Waals surface area contributed by atoms with E-state index in [0.717, 1.165) is 16.1 Å². The first-order valence-electron chi connectivity index (χ1n) is 8.57. The minimum atomic E-state index is -3.65. The third-order valence-corrected chi connectivity index (χ3v) is 5.28. The number of nitrogens with zero attached hydrogens (tertiary/aromatic N) is 1. The van der Waals surface area contributed by atoms with Crippen molar-refractivity contribution in [1.29, 1.82) is 0 Å². The summed E-state index contributed by atoms with van der Waals surface area (Å²) in [6.07, 6.45) is 1.05. The molecule has 0 aromatic heterocycles. The SMILES string of the molecule is CC(C)(C)c1ccc(N(CC(=O)NCc2ccccc2F)S(C)(=O)=O)cc1. The highest BCUT2D eigenvalue weighted by atomic mass is 32.2. The van der Waals surface area contributed by atoms with E-state index in [-0.39, 0.29) is 18.5 Å². The maximum atomic E-state index is 13.6. The molecular formula is C20H25FN2O3S. The molecule has 1 N–H and O–H groups in total. The van der Waals surface area contributed by atoms with E-state index < -0.39 is 21.7 Å².